The number of benzene rings is 3. The molecular formula is C26H25FN6O4S. The van der Waals surface area contributed by atoms with E-state index < -0.39 is 14.9 Å². The van der Waals surface area contributed by atoms with E-state index in [4.69, 9.17) is 0 Å². The lowest BCUT2D eigenvalue weighted by atomic mass is 10.1. The highest BCUT2D eigenvalue weighted by molar-refractivity contribution is 7.92. The van der Waals surface area contributed by atoms with Crippen molar-refractivity contribution in [1.29, 1.82) is 0 Å². The van der Waals surface area contributed by atoms with Gasteiger partial charge >= 0.3 is 0 Å². The van der Waals surface area contributed by atoms with E-state index in [1.807, 2.05) is 11.0 Å². The van der Waals surface area contributed by atoms with Crippen LogP contribution in [0.3, 0.4) is 0 Å². The van der Waals surface area contributed by atoms with Gasteiger partial charge in [-0.05, 0) is 60.2 Å². The molecule has 0 amide bonds. The van der Waals surface area contributed by atoms with Gasteiger partial charge in [-0.3, -0.25) is 19.7 Å². The standard InChI is InChI=1S/C26H25FN6O4S/c27-21-4-1-3-20(17-21)19-30-13-15-31(16-14-30)25-10-9-24(18-26(25)33(34)35)38(36,37)29-22-5-7-23(8-6-22)32-12-2-11-28-32/h1-12,17-18,29H,13-16,19H2. The summed E-state index contributed by atoms with van der Waals surface area (Å²) in [6.07, 6.45) is 3.41. The van der Waals surface area contributed by atoms with Gasteiger partial charge in [-0.2, -0.15) is 5.10 Å². The lowest BCUT2D eigenvalue weighted by Gasteiger charge is -2.35. The molecule has 12 heteroatoms. The van der Waals surface area contributed by atoms with Crippen LogP contribution in [0.1, 0.15) is 5.56 Å². The third-order valence-corrected chi connectivity index (χ3v) is 7.73. The van der Waals surface area contributed by atoms with Gasteiger partial charge in [-0.25, -0.2) is 17.5 Å². The maximum Gasteiger partial charge on any atom is 0.293 e. The first-order valence-corrected chi connectivity index (χ1v) is 13.4. The smallest absolute Gasteiger partial charge is 0.293 e. The minimum absolute atomic E-state index is 0.200. The number of halogens is 1. The highest BCUT2D eigenvalue weighted by Gasteiger charge is 2.27. The van der Waals surface area contributed by atoms with Gasteiger partial charge in [0.25, 0.3) is 15.7 Å². The molecule has 2 heterocycles. The highest BCUT2D eigenvalue weighted by atomic mass is 32.2. The molecule has 0 atom stereocenters. The fourth-order valence-electron chi connectivity index (χ4n) is 4.44. The molecule has 0 unspecified atom stereocenters. The Morgan fingerprint density at radius 2 is 1.74 bits per heavy atom. The fraction of sp³-hybridized carbons (Fsp3) is 0.192. The third kappa shape index (κ3) is 5.66. The largest absolute Gasteiger partial charge is 0.363 e. The number of rotatable bonds is 8. The van der Waals surface area contributed by atoms with E-state index in [0.29, 0.717) is 44.1 Å². The molecule has 1 N–H and O–H groups in total. The summed E-state index contributed by atoms with van der Waals surface area (Å²) < 4.78 is 43.6. The summed E-state index contributed by atoms with van der Waals surface area (Å²) >= 11 is 0. The van der Waals surface area contributed by atoms with E-state index in [0.717, 1.165) is 17.3 Å². The number of piperazine rings is 1. The van der Waals surface area contributed by atoms with Crippen LogP contribution >= 0.6 is 0 Å². The number of hydrogen-bond donors (Lipinski definition) is 1. The topological polar surface area (TPSA) is 114 Å². The van der Waals surface area contributed by atoms with Crippen LogP contribution < -0.4 is 9.62 Å². The molecule has 3 aromatic carbocycles. The van der Waals surface area contributed by atoms with Crippen molar-refractivity contribution in [1.82, 2.24) is 14.7 Å². The zero-order chi connectivity index (χ0) is 26.7. The Kier molecular flexibility index (Phi) is 7.07. The van der Waals surface area contributed by atoms with Crippen LogP contribution in [-0.4, -0.2) is 54.2 Å². The number of nitrogens with one attached hydrogen (secondary N) is 1. The van der Waals surface area contributed by atoms with E-state index in [2.05, 4.69) is 14.7 Å². The monoisotopic (exact) mass is 536 g/mol. The highest BCUT2D eigenvalue weighted by Crippen LogP contribution is 2.32. The van der Waals surface area contributed by atoms with Crippen LogP contribution in [0.4, 0.5) is 21.5 Å². The summed E-state index contributed by atoms with van der Waals surface area (Å²) in [6, 6.07) is 18.8. The van der Waals surface area contributed by atoms with E-state index in [1.165, 1.54) is 24.3 Å². The minimum atomic E-state index is -4.06. The molecule has 1 saturated heterocycles. The number of sulfonamides is 1. The Morgan fingerprint density at radius 1 is 0.974 bits per heavy atom. The van der Waals surface area contributed by atoms with Gasteiger partial charge in [0.05, 0.1) is 15.5 Å². The molecule has 1 aliphatic rings. The predicted octanol–water partition coefficient (Wildman–Crippen LogP) is 4.04. The van der Waals surface area contributed by atoms with Crippen molar-refractivity contribution in [2.24, 2.45) is 0 Å². The van der Waals surface area contributed by atoms with Crippen LogP contribution in [0.2, 0.25) is 0 Å². The molecule has 0 radical (unpaired) electrons. The van der Waals surface area contributed by atoms with Gasteiger partial charge in [0.1, 0.15) is 11.5 Å². The van der Waals surface area contributed by atoms with Crippen LogP contribution in [0.15, 0.2) is 90.1 Å². The van der Waals surface area contributed by atoms with Crippen LogP contribution in [-0.2, 0) is 16.6 Å². The number of nitro benzene ring substituents is 1. The quantitative estimate of drug-likeness (QED) is 0.267. The summed E-state index contributed by atoms with van der Waals surface area (Å²) in [6.45, 7) is 2.87. The molecule has 5 rings (SSSR count). The molecule has 1 fully saturated rings. The van der Waals surface area contributed by atoms with Gasteiger partial charge in [-0.15, -0.1) is 0 Å². The van der Waals surface area contributed by atoms with Crippen molar-refractivity contribution in [2.75, 3.05) is 35.8 Å². The Hall–Kier alpha value is -4.29. The van der Waals surface area contributed by atoms with Crippen molar-refractivity contribution < 1.29 is 17.7 Å². The molecule has 1 aromatic heterocycles. The summed E-state index contributed by atoms with van der Waals surface area (Å²) in [4.78, 5) is 15.2. The second kappa shape index (κ2) is 10.6. The van der Waals surface area contributed by atoms with Crippen molar-refractivity contribution in [3.05, 3.63) is 107 Å². The van der Waals surface area contributed by atoms with Crippen LogP contribution in [0.5, 0.6) is 0 Å². The molecule has 196 valence electrons. The van der Waals surface area contributed by atoms with E-state index in [9.17, 15) is 22.9 Å². The molecule has 0 aliphatic carbocycles. The summed E-state index contributed by atoms with van der Waals surface area (Å²) in [5, 5.41) is 16.0. The van der Waals surface area contributed by atoms with E-state index in [1.54, 1.807) is 53.5 Å². The first kappa shape index (κ1) is 25.4. The third-order valence-electron chi connectivity index (χ3n) is 6.35. The Balaban J connectivity index is 1.28. The molecule has 38 heavy (non-hydrogen) atoms. The molecule has 1 aliphatic heterocycles. The lowest BCUT2D eigenvalue weighted by Crippen LogP contribution is -2.46. The molecular weight excluding hydrogens is 511 g/mol. The Morgan fingerprint density at radius 3 is 2.39 bits per heavy atom. The first-order chi connectivity index (χ1) is 18.3. The maximum absolute atomic E-state index is 13.5. The van der Waals surface area contributed by atoms with Gasteiger partial charge in [-0.1, -0.05) is 12.1 Å². The van der Waals surface area contributed by atoms with Crippen LogP contribution in [0, 0.1) is 15.9 Å². The zero-order valence-electron chi connectivity index (χ0n) is 20.3. The van der Waals surface area contributed by atoms with Crippen LogP contribution in [0.25, 0.3) is 5.69 Å². The maximum atomic E-state index is 13.5. The predicted molar refractivity (Wildman–Crippen MR) is 141 cm³/mol. The number of hydrogen-bond acceptors (Lipinski definition) is 7. The second-order valence-corrected chi connectivity index (χ2v) is 10.6. The Labute approximate surface area is 219 Å². The van der Waals surface area contributed by atoms with Crippen molar-refractivity contribution >= 4 is 27.1 Å². The van der Waals surface area contributed by atoms with Gasteiger partial charge in [0.15, 0.2) is 0 Å². The SMILES string of the molecule is O=[N+]([O-])c1cc(S(=O)(=O)Nc2ccc(-n3cccn3)cc2)ccc1N1CCN(Cc2cccc(F)c2)CC1. The number of nitro groups is 1. The van der Waals surface area contributed by atoms with Gasteiger partial charge in [0, 0.05) is 56.9 Å². The molecule has 10 nitrogen and oxygen atoms in total. The molecule has 4 aromatic rings. The van der Waals surface area contributed by atoms with Gasteiger partial charge in [0.2, 0.25) is 0 Å². The number of anilines is 2. The minimum Gasteiger partial charge on any atom is -0.363 e. The summed E-state index contributed by atoms with van der Waals surface area (Å²) in [5.41, 5.74) is 2.03. The second-order valence-electron chi connectivity index (χ2n) is 8.90. The number of aromatic nitrogens is 2. The van der Waals surface area contributed by atoms with Gasteiger partial charge < -0.3 is 4.90 Å². The molecule has 0 bridgehead atoms. The lowest BCUT2D eigenvalue weighted by molar-refractivity contribution is -0.384. The zero-order valence-corrected chi connectivity index (χ0v) is 21.1. The number of nitrogens with zero attached hydrogens (tertiary/aromatic N) is 5. The van der Waals surface area contributed by atoms with Crippen molar-refractivity contribution in [3.8, 4) is 5.69 Å². The average molecular weight is 537 g/mol. The van der Waals surface area contributed by atoms with E-state index >= 15 is 0 Å². The van der Waals surface area contributed by atoms with E-state index in [-0.39, 0.29) is 16.4 Å². The average Bonchev–Trinajstić information content (AvgIpc) is 3.44. The Bertz CT molecular complexity index is 1540. The molecule has 0 saturated carbocycles. The van der Waals surface area contributed by atoms with Crippen molar-refractivity contribution in [2.45, 2.75) is 11.4 Å². The molecule has 0 spiro atoms. The first-order valence-electron chi connectivity index (χ1n) is 11.9. The summed E-state index contributed by atoms with van der Waals surface area (Å²) in [7, 11) is -4.06. The fourth-order valence-corrected chi connectivity index (χ4v) is 5.52. The summed E-state index contributed by atoms with van der Waals surface area (Å²) in [5.74, 6) is -0.285. The van der Waals surface area contributed by atoms with Crippen molar-refractivity contribution in [3.63, 3.8) is 0 Å². The normalized spacial score (nSPS) is 14.4.